The number of ether oxygens (including phenoxy) is 4. The van der Waals surface area contributed by atoms with E-state index in [1.165, 1.54) is 0 Å². The Morgan fingerprint density at radius 2 is 1.85 bits per heavy atom. The highest BCUT2D eigenvalue weighted by molar-refractivity contribution is 6.07. The minimum atomic E-state index is -1.31. The van der Waals surface area contributed by atoms with Crippen molar-refractivity contribution in [3.63, 3.8) is 0 Å². The van der Waals surface area contributed by atoms with Gasteiger partial charge in [-0.05, 0) is 55.8 Å². The number of fused-ring (bicyclic) bond motifs is 1. The zero-order valence-electron chi connectivity index (χ0n) is 18.9. The SMILES string of the molecule is CCOC(=O)c1ccc(OCC(O)CN2C(=O)NC(C)(c3ccc4c(c3)OCCO4)C2=O)cc1. The third-order valence-corrected chi connectivity index (χ3v) is 5.60. The first-order chi connectivity index (χ1) is 16.3. The molecule has 10 nitrogen and oxygen atoms in total. The number of urea groups is 1. The number of rotatable bonds is 8. The van der Waals surface area contributed by atoms with Crippen molar-refractivity contribution in [2.75, 3.05) is 33.0 Å². The summed E-state index contributed by atoms with van der Waals surface area (Å²) in [5, 5.41) is 13.1. The summed E-state index contributed by atoms with van der Waals surface area (Å²) >= 11 is 0. The van der Waals surface area contributed by atoms with Gasteiger partial charge in [-0.2, -0.15) is 0 Å². The third-order valence-electron chi connectivity index (χ3n) is 5.60. The summed E-state index contributed by atoms with van der Waals surface area (Å²) in [6.07, 6.45) is -1.12. The monoisotopic (exact) mass is 470 g/mol. The number of carbonyl (C=O) groups excluding carboxylic acids is 3. The Balaban J connectivity index is 1.37. The smallest absolute Gasteiger partial charge is 0.338 e. The van der Waals surface area contributed by atoms with Gasteiger partial charge in [-0.25, -0.2) is 9.59 Å². The molecule has 0 radical (unpaired) electrons. The lowest BCUT2D eigenvalue weighted by Crippen LogP contribution is -2.42. The fraction of sp³-hybridized carbons (Fsp3) is 0.375. The molecule has 2 aromatic rings. The number of aliphatic hydroxyl groups is 1. The number of hydrogen-bond donors (Lipinski definition) is 2. The average Bonchev–Trinajstić information content (AvgIpc) is 3.06. The van der Waals surface area contributed by atoms with Crippen LogP contribution < -0.4 is 19.5 Å². The second kappa shape index (κ2) is 9.60. The predicted molar refractivity (Wildman–Crippen MR) is 119 cm³/mol. The molecule has 1 saturated heterocycles. The summed E-state index contributed by atoms with van der Waals surface area (Å²) in [6.45, 7) is 4.05. The van der Waals surface area contributed by atoms with E-state index >= 15 is 0 Å². The van der Waals surface area contributed by atoms with Crippen LogP contribution in [-0.4, -0.2) is 67.0 Å². The van der Waals surface area contributed by atoms with Crippen molar-refractivity contribution in [1.29, 1.82) is 0 Å². The van der Waals surface area contributed by atoms with E-state index in [1.807, 2.05) is 0 Å². The molecule has 0 aromatic heterocycles. The number of benzene rings is 2. The number of esters is 1. The van der Waals surface area contributed by atoms with Gasteiger partial charge in [0, 0.05) is 0 Å². The first-order valence-electron chi connectivity index (χ1n) is 10.9. The van der Waals surface area contributed by atoms with E-state index in [-0.39, 0.29) is 19.8 Å². The maximum absolute atomic E-state index is 13.1. The number of imide groups is 1. The Labute approximate surface area is 196 Å². The minimum absolute atomic E-state index is 0.156. The number of nitrogens with zero attached hydrogens (tertiary/aromatic N) is 1. The maximum Gasteiger partial charge on any atom is 0.338 e. The van der Waals surface area contributed by atoms with E-state index in [1.54, 1.807) is 56.3 Å². The quantitative estimate of drug-likeness (QED) is 0.443. The van der Waals surface area contributed by atoms with E-state index in [0.29, 0.717) is 41.6 Å². The summed E-state index contributed by atoms with van der Waals surface area (Å²) in [4.78, 5) is 38.4. The van der Waals surface area contributed by atoms with Gasteiger partial charge in [0.25, 0.3) is 5.91 Å². The number of nitrogens with one attached hydrogen (secondary N) is 1. The summed E-state index contributed by atoms with van der Waals surface area (Å²) in [5.74, 6) is 0.578. The van der Waals surface area contributed by atoms with Gasteiger partial charge in [-0.15, -0.1) is 0 Å². The molecule has 0 spiro atoms. The Morgan fingerprint density at radius 3 is 2.56 bits per heavy atom. The predicted octanol–water partition coefficient (Wildman–Crippen LogP) is 1.84. The number of carbonyl (C=O) groups is 3. The Bertz CT molecular complexity index is 1090. The van der Waals surface area contributed by atoms with Crippen LogP contribution >= 0.6 is 0 Å². The van der Waals surface area contributed by atoms with Crippen LogP contribution in [0.25, 0.3) is 0 Å². The van der Waals surface area contributed by atoms with Crippen LogP contribution in [0.3, 0.4) is 0 Å². The number of aliphatic hydroxyl groups excluding tert-OH is 1. The largest absolute Gasteiger partial charge is 0.491 e. The minimum Gasteiger partial charge on any atom is -0.491 e. The summed E-state index contributed by atoms with van der Waals surface area (Å²) in [7, 11) is 0. The van der Waals surface area contributed by atoms with Crippen LogP contribution in [0, 0.1) is 0 Å². The van der Waals surface area contributed by atoms with Crippen molar-refractivity contribution in [3.05, 3.63) is 53.6 Å². The molecular weight excluding hydrogens is 444 g/mol. The Morgan fingerprint density at radius 1 is 1.15 bits per heavy atom. The van der Waals surface area contributed by atoms with E-state index in [9.17, 15) is 19.5 Å². The number of amides is 3. The second-order valence-electron chi connectivity index (χ2n) is 8.04. The lowest BCUT2D eigenvalue weighted by Gasteiger charge is -2.25. The van der Waals surface area contributed by atoms with Gasteiger partial charge in [0.1, 0.15) is 37.2 Å². The van der Waals surface area contributed by atoms with Crippen LogP contribution in [0.1, 0.15) is 29.8 Å². The highest BCUT2D eigenvalue weighted by Gasteiger charge is 2.49. The molecule has 0 bridgehead atoms. The van der Waals surface area contributed by atoms with Gasteiger partial charge in [0.2, 0.25) is 0 Å². The van der Waals surface area contributed by atoms with Crippen molar-refractivity contribution in [2.45, 2.75) is 25.5 Å². The van der Waals surface area contributed by atoms with Crippen molar-refractivity contribution in [1.82, 2.24) is 10.2 Å². The molecule has 2 atom stereocenters. The highest BCUT2D eigenvalue weighted by Crippen LogP contribution is 2.36. The molecule has 34 heavy (non-hydrogen) atoms. The van der Waals surface area contributed by atoms with Crippen LogP contribution in [-0.2, 0) is 15.1 Å². The zero-order chi connectivity index (χ0) is 24.3. The first-order valence-corrected chi connectivity index (χ1v) is 10.9. The molecular formula is C24H26N2O8. The molecule has 3 amide bonds. The van der Waals surface area contributed by atoms with Gasteiger partial charge in [-0.3, -0.25) is 9.69 Å². The molecule has 2 heterocycles. The molecule has 2 aliphatic rings. The molecule has 0 saturated carbocycles. The zero-order valence-corrected chi connectivity index (χ0v) is 18.9. The van der Waals surface area contributed by atoms with Gasteiger partial charge in [-0.1, -0.05) is 6.07 Å². The Kier molecular flexibility index (Phi) is 6.60. The van der Waals surface area contributed by atoms with Gasteiger partial charge in [0.15, 0.2) is 11.5 Å². The molecule has 10 heteroatoms. The molecule has 2 aromatic carbocycles. The van der Waals surface area contributed by atoms with Crippen LogP contribution in [0.5, 0.6) is 17.2 Å². The van der Waals surface area contributed by atoms with Crippen molar-refractivity contribution in [2.24, 2.45) is 0 Å². The summed E-state index contributed by atoms with van der Waals surface area (Å²) < 4.78 is 21.6. The molecule has 0 aliphatic carbocycles. The fourth-order valence-corrected chi connectivity index (χ4v) is 3.77. The van der Waals surface area contributed by atoms with Crippen LogP contribution in [0.2, 0.25) is 0 Å². The second-order valence-corrected chi connectivity index (χ2v) is 8.04. The maximum atomic E-state index is 13.1. The molecule has 1 fully saturated rings. The van der Waals surface area contributed by atoms with E-state index in [0.717, 1.165) is 4.90 Å². The van der Waals surface area contributed by atoms with Gasteiger partial charge >= 0.3 is 12.0 Å². The van der Waals surface area contributed by atoms with E-state index in [4.69, 9.17) is 18.9 Å². The van der Waals surface area contributed by atoms with Crippen molar-refractivity contribution >= 4 is 17.9 Å². The lowest BCUT2D eigenvalue weighted by molar-refractivity contribution is -0.132. The van der Waals surface area contributed by atoms with Gasteiger partial charge < -0.3 is 29.4 Å². The van der Waals surface area contributed by atoms with Crippen LogP contribution in [0.4, 0.5) is 4.79 Å². The molecule has 2 unspecified atom stereocenters. The van der Waals surface area contributed by atoms with E-state index < -0.39 is 29.6 Å². The van der Waals surface area contributed by atoms with Gasteiger partial charge in [0.05, 0.1) is 18.7 Å². The lowest BCUT2D eigenvalue weighted by atomic mass is 9.91. The molecule has 2 aliphatic heterocycles. The summed E-state index contributed by atoms with van der Waals surface area (Å²) in [5.41, 5.74) is -0.381. The first kappa shape index (κ1) is 23.4. The fourth-order valence-electron chi connectivity index (χ4n) is 3.77. The van der Waals surface area contributed by atoms with Crippen molar-refractivity contribution < 1.29 is 38.4 Å². The molecule has 180 valence electrons. The normalized spacial score (nSPS) is 20.0. The van der Waals surface area contributed by atoms with E-state index in [2.05, 4.69) is 5.32 Å². The van der Waals surface area contributed by atoms with Crippen LogP contribution in [0.15, 0.2) is 42.5 Å². The highest BCUT2D eigenvalue weighted by atomic mass is 16.6. The molecule has 4 rings (SSSR count). The topological polar surface area (TPSA) is 124 Å². The third kappa shape index (κ3) is 4.62. The standard InChI is InChI=1S/C24H26N2O8/c1-3-31-21(28)15-4-7-18(8-5-15)34-14-17(27)13-26-22(29)24(2,25-23(26)30)16-6-9-19-20(12-16)33-11-10-32-19/h4-9,12,17,27H,3,10-11,13-14H2,1-2H3,(H,25,30). The number of β-amino-alcohol motifs (C(OH)–C–C–N with tert-alkyl or cyclic N) is 1. The summed E-state index contributed by atoms with van der Waals surface area (Å²) in [6, 6.07) is 10.7. The Hall–Kier alpha value is -3.79. The van der Waals surface area contributed by atoms with Crippen molar-refractivity contribution in [3.8, 4) is 17.2 Å². The number of hydrogen-bond acceptors (Lipinski definition) is 8. The molecule has 2 N–H and O–H groups in total. The average molecular weight is 470 g/mol.